The molecule has 2 aromatic rings. The molecule has 2 atom stereocenters. The highest BCUT2D eigenvalue weighted by atomic mass is 16.3. The highest BCUT2D eigenvalue weighted by molar-refractivity contribution is 6.10. The zero-order valence-electron chi connectivity index (χ0n) is 14.8. The zero-order chi connectivity index (χ0) is 19.0. The Morgan fingerprint density at radius 2 is 2.19 bits per heavy atom. The van der Waals surface area contributed by atoms with Crippen molar-refractivity contribution in [2.75, 3.05) is 25.5 Å². The van der Waals surface area contributed by atoms with Crippen LogP contribution in [0.1, 0.15) is 16.8 Å². The molecule has 3 N–H and O–H groups in total. The molecule has 140 valence electrons. The Labute approximate surface area is 155 Å². The smallest absolute Gasteiger partial charge is 0.256 e. The van der Waals surface area contributed by atoms with Crippen molar-refractivity contribution in [1.29, 1.82) is 0 Å². The van der Waals surface area contributed by atoms with Crippen molar-refractivity contribution in [1.82, 2.24) is 15.5 Å². The van der Waals surface area contributed by atoms with E-state index >= 15 is 0 Å². The second-order valence-electron chi connectivity index (χ2n) is 6.73. The predicted molar refractivity (Wildman–Crippen MR) is 98.1 cm³/mol. The molecule has 0 spiro atoms. The first-order valence-corrected chi connectivity index (χ1v) is 8.80. The Morgan fingerprint density at radius 1 is 1.33 bits per heavy atom. The maximum Gasteiger partial charge on any atom is 0.256 e. The van der Waals surface area contributed by atoms with Crippen LogP contribution in [0.2, 0.25) is 0 Å². The number of nitrogens with one attached hydrogen (secondary N) is 3. The third-order valence-electron chi connectivity index (χ3n) is 4.88. The quantitative estimate of drug-likeness (QED) is 0.741. The van der Waals surface area contributed by atoms with Crippen LogP contribution < -0.4 is 16.0 Å². The first kappa shape index (κ1) is 17.3. The van der Waals surface area contributed by atoms with Crippen LogP contribution in [0.5, 0.6) is 0 Å². The van der Waals surface area contributed by atoms with Gasteiger partial charge in [0.15, 0.2) is 0 Å². The number of hydrogen-bond donors (Lipinski definition) is 3. The van der Waals surface area contributed by atoms with E-state index in [0.29, 0.717) is 30.0 Å². The summed E-state index contributed by atoms with van der Waals surface area (Å²) in [6.07, 6.45) is 1.96. The van der Waals surface area contributed by atoms with E-state index < -0.39 is 6.04 Å². The molecule has 2 aliphatic rings. The van der Waals surface area contributed by atoms with Gasteiger partial charge in [0.05, 0.1) is 24.1 Å². The molecule has 1 fully saturated rings. The van der Waals surface area contributed by atoms with Crippen LogP contribution in [0.4, 0.5) is 5.69 Å². The average molecular weight is 368 g/mol. The maximum absolute atomic E-state index is 13.1. The monoisotopic (exact) mass is 368 g/mol. The van der Waals surface area contributed by atoms with Crippen molar-refractivity contribution in [3.8, 4) is 11.3 Å². The van der Waals surface area contributed by atoms with Crippen LogP contribution in [-0.2, 0) is 9.59 Å². The van der Waals surface area contributed by atoms with Crippen LogP contribution in [0.25, 0.3) is 11.3 Å². The molecular formula is C19H20N4O4. The molecule has 0 saturated carbocycles. The minimum Gasteiger partial charge on any atom is -0.464 e. The third-order valence-corrected chi connectivity index (χ3v) is 4.88. The van der Waals surface area contributed by atoms with Gasteiger partial charge in [-0.25, -0.2) is 0 Å². The number of likely N-dealkylation sites (N-methyl/N-ethyl adjacent to an activating group) is 1. The fraction of sp³-hybridized carbons (Fsp3) is 0.316. The molecule has 0 aliphatic carbocycles. The maximum atomic E-state index is 13.1. The highest BCUT2D eigenvalue weighted by Crippen LogP contribution is 2.32. The number of amides is 3. The largest absolute Gasteiger partial charge is 0.464 e. The lowest BCUT2D eigenvalue weighted by molar-refractivity contribution is -0.121. The zero-order valence-corrected chi connectivity index (χ0v) is 14.8. The summed E-state index contributed by atoms with van der Waals surface area (Å²) in [5, 5.41) is 8.49. The third kappa shape index (κ3) is 3.19. The number of rotatable bonds is 4. The van der Waals surface area contributed by atoms with Crippen LogP contribution in [0.3, 0.4) is 0 Å². The first-order valence-electron chi connectivity index (χ1n) is 8.80. The average Bonchev–Trinajstić information content (AvgIpc) is 3.30. The molecule has 0 bridgehead atoms. The number of benzene rings is 1. The summed E-state index contributed by atoms with van der Waals surface area (Å²) in [5.41, 5.74) is 1.67. The second kappa shape index (κ2) is 6.88. The first-order chi connectivity index (χ1) is 13.1. The van der Waals surface area contributed by atoms with Crippen molar-refractivity contribution in [2.45, 2.75) is 18.5 Å². The summed E-state index contributed by atoms with van der Waals surface area (Å²) in [4.78, 5) is 39.1. The summed E-state index contributed by atoms with van der Waals surface area (Å²) >= 11 is 0. The second-order valence-corrected chi connectivity index (χ2v) is 6.73. The van der Waals surface area contributed by atoms with Gasteiger partial charge in [0.1, 0.15) is 11.8 Å². The summed E-state index contributed by atoms with van der Waals surface area (Å²) in [5.74, 6) is 0.0233. The Balaban J connectivity index is 1.61. The fourth-order valence-corrected chi connectivity index (χ4v) is 3.65. The number of hydrogen-bond acceptors (Lipinski definition) is 5. The van der Waals surface area contributed by atoms with E-state index in [1.165, 1.54) is 4.90 Å². The predicted octanol–water partition coefficient (Wildman–Crippen LogP) is 0.817. The van der Waals surface area contributed by atoms with Crippen LogP contribution >= 0.6 is 0 Å². The number of nitrogens with zero attached hydrogens (tertiary/aromatic N) is 1. The van der Waals surface area contributed by atoms with E-state index in [1.54, 1.807) is 31.5 Å². The molecule has 0 unspecified atom stereocenters. The van der Waals surface area contributed by atoms with Crippen molar-refractivity contribution in [2.24, 2.45) is 0 Å². The summed E-state index contributed by atoms with van der Waals surface area (Å²) in [7, 11) is 1.69. The van der Waals surface area contributed by atoms with Gasteiger partial charge in [-0.1, -0.05) is 0 Å². The lowest BCUT2D eigenvalue weighted by Crippen LogP contribution is -2.42. The van der Waals surface area contributed by atoms with E-state index in [-0.39, 0.29) is 30.3 Å². The number of anilines is 1. The van der Waals surface area contributed by atoms with Gasteiger partial charge in [-0.15, -0.1) is 0 Å². The molecule has 1 aromatic carbocycles. The Morgan fingerprint density at radius 3 is 2.93 bits per heavy atom. The SMILES string of the molecule is CNCC(=O)N[C@H]1C[C@H]2C(=O)Nc3ccc(-c4ccco4)cc3C(=O)N2C1. The van der Waals surface area contributed by atoms with Crippen molar-refractivity contribution < 1.29 is 18.8 Å². The summed E-state index contributed by atoms with van der Waals surface area (Å²) < 4.78 is 5.40. The standard InChI is InChI=1S/C19H20N4O4/c1-20-9-17(24)21-12-8-15-18(25)22-14-5-4-11(16-3-2-6-27-16)7-13(14)19(26)23(15)10-12/h2-7,12,15,20H,8-10H2,1H3,(H,21,24)(H,22,25)/t12-,15-/m0/s1. The molecule has 3 amide bonds. The molecule has 8 heteroatoms. The van der Waals surface area contributed by atoms with Gasteiger partial charge in [0, 0.05) is 18.2 Å². The molecule has 2 aliphatic heterocycles. The van der Waals surface area contributed by atoms with E-state index in [2.05, 4.69) is 16.0 Å². The molecule has 1 aromatic heterocycles. The van der Waals surface area contributed by atoms with Crippen LogP contribution in [-0.4, -0.2) is 54.8 Å². The Kier molecular flexibility index (Phi) is 4.41. The van der Waals surface area contributed by atoms with E-state index in [0.717, 1.165) is 5.56 Å². The topological polar surface area (TPSA) is 104 Å². The van der Waals surface area contributed by atoms with Crippen molar-refractivity contribution in [3.63, 3.8) is 0 Å². The number of furan rings is 1. The van der Waals surface area contributed by atoms with E-state index in [4.69, 9.17) is 4.42 Å². The lowest BCUT2D eigenvalue weighted by atomic mass is 10.1. The van der Waals surface area contributed by atoms with Gasteiger partial charge in [0.25, 0.3) is 5.91 Å². The summed E-state index contributed by atoms with van der Waals surface area (Å²) in [6.45, 7) is 0.493. The van der Waals surface area contributed by atoms with Crippen LogP contribution in [0, 0.1) is 0 Å². The molecular weight excluding hydrogens is 348 g/mol. The van der Waals surface area contributed by atoms with Gasteiger partial charge < -0.3 is 25.3 Å². The molecule has 27 heavy (non-hydrogen) atoms. The normalized spacial score (nSPS) is 21.3. The molecule has 0 radical (unpaired) electrons. The number of carbonyl (C=O) groups excluding carboxylic acids is 3. The van der Waals surface area contributed by atoms with Crippen molar-refractivity contribution in [3.05, 3.63) is 42.2 Å². The highest BCUT2D eigenvalue weighted by Gasteiger charge is 2.43. The van der Waals surface area contributed by atoms with Gasteiger partial charge >= 0.3 is 0 Å². The van der Waals surface area contributed by atoms with Gasteiger partial charge in [-0.3, -0.25) is 14.4 Å². The van der Waals surface area contributed by atoms with E-state index in [1.807, 2.05) is 12.1 Å². The fourth-order valence-electron chi connectivity index (χ4n) is 3.65. The van der Waals surface area contributed by atoms with Crippen molar-refractivity contribution >= 4 is 23.4 Å². The minimum atomic E-state index is -0.600. The molecule has 8 nitrogen and oxygen atoms in total. The Hall–Kier alpha value is -3.13. The summed E-state index contributed by atoms with van der Waals surface area (Å²) in [6, 6.07) is 8.00. The van der Waals surface area contributed by atoms with E-state index in [9.17, 15) is 14.4 Å². The number of fused-ring (bicyclic) bond motifs is 2. The number of carbonyl (C=O) groups is 3. The lowest BCUT2D eigenvalue weighted by Gasteiger charge is -2.20. The van der Waals surface area contributed by atoms with Gasteiger partial charge in [-0.05, 0) is 43.8 Å². The van der Waals surface area contributed by atoms with Crippen LogP contribution in [0.15, 0.2) is 41.0 Å². The Bertz CT molecular complexity index is 893. The molecule has 4 rings (SSSR count). The minimum absolute atomic E-state index is 0.159. The molecule has 1 saturated heterocycles. The van der Waals surface area contributed by atoms with Gasteiger partial charge in [-0.2, -0.15) is 0 Å². The molecule has 3 heterocycles. The van der Waals surface area contributed by atoms with Gasteiger partial charge in [0.2, 0.25) is 11.8 Å².